The molecular weight excluding hydrogens is 265 g/mol. The van der Waals surface area contributed by atoms with Crippen molar-refractivity contribution in [2.24, 2.45) is 11.8 Å². The van der Waals surface area contributed by atoms with Gasteiger partial charge in [-0.1, -0.05) is 19.9 Å². The molecule has 2 rings (SSSR count). The van der Waals surface area contributed by atoms with Gasteiger partial charge in [-0.15, -0.1) is 11.3 Å². The molecule has 7 heteroatoms. The van der Waals surface area contributed by atoms with E-state index < -0.39 is 5.82 Å². The molecule has 2 aromatic heterocycles. The van der Waals surface area contributed by atoms with Gasteiger partial charge in [0.25, 0.3) is 0 Å². The first kappa shape index (κ1) is 13.7. The smallest absolute Gasteiger partial charge is 0.239 e. The minimum atomic E-state index is -0.499. The van der Waals surface area contributed by atoms with Crippen LogP contribution in [0, 0.1) is 11.7 Å². The van der Waals surface area contributed by atoms with Gasteiger partial charge in [-0.2, -0.15) is 4.98 Å². The quantitative estimate of drug-likeness (QED) is 0.580. The lowest BCUT2D eigenvalue weighted by Gasteiger charge is -2.22. The molecule has 0 aromatic carbocycles. The first-order valence-electron chi connectivity index (χ1n) is 5.91. The van der Waals surface area contributed by atoms with Gasteiger partial charge in [0.05, 0.1) is 12.2 Å². The van der Waals surface area contributed by atoms with E-state index in [1.54, 1.807) is 11.3 Å². The van der Waals surface area contributed by atoms with Crippen molar-refractivity contribution in [2.45, 2.75) is 19.9 Å². The highest BCUT2D eigenvalue weighted by atomic mass is 32.1. The fourth-order valence-electron chi connectivity index (χ4n) is 1.72. The maximum absolute atomic E-state index is 13.7. The van der Waals surface area contributed by atoms with Gasteiger partial charge in [-0.05, 0) is 17.4 Å². The van der Waals surface area contributed by atoms with Crippen molar-refractivity contribution in [1.82, 2.24) is 9.97 Å². The Bertz CT molecular complexity index is 529. The second-order valence-electron chi connectivity index (χ2n) is 4.42. The fourth-order valence-corrected chi connectivity index (χ4v) is 2.67. The minimum Gasteiger partial charge on any atom is -0.360 e. The molecule has 4 N–H and O–H groups in total. The first-order chi connectivity index (χ1) is 9.11. The Morgan fingerprint density at radius 2 is 2.21 bits per heavy atom. The van der Waals surface area contributed by atoms with Crippen LogP contribution in [0.2, 0.25) is 0 Å². The summed E-state index contributed by atoms with van der Waals surface area (Å²) in [4.78, 5) is 8.84. The standard InChI is InChI=1S/C12H16FN5S/c1-7(2)10(9-4-3-5-19-9)16-11-8(13)6-15-12(17-11)18-14/h3-7,10H,14H2,1-2H3,(H2,15,16,17,18). The molecule has 0 saturated carbocycles. The molecular formula is C12H16FN5S. The molecule has 0 spiro atoms. The molecule has 0 saturated heterocycles. The van der Waals surface area contributed by atoms with Gasteiger partial charge in [-0.3, -0.25) is 5.43 Å². The zero-order valence-electron chi connectivity index (χ0n) is 10.7. The van der Waals surface area contributed by atoms with Crippen LogP contribution in [-0.2, 0) is 0 Å². The summed E-state index contributed by atoms with van der Waals surface area (Å²) in [5, 5.41) is 5.11. The zero-order valence-corrected chi connectivity index (χ0v) is 11.5. The Labute approximate surface area is 115 Å². The lowest BCUT2D eigenvalue weighted by atomic mass is 10.0. The summed E-state index contributed by atoms with van der Waals surface area (Å²) in [5.41, 5.74) is 2.31. The third kappa shape index (κ3) is 3.18. The van der Waals surface area contributed by atoms with Crippen LogP contribution in [0.5, 0.6) is 0 Å². The number of rotatable bonds is 5. The number of aromatic nitrogens is 2. The van der Waals surface area contributed by atoms with E-state index in [0.29, 0.717) is 5.92 Å². The largest absolute Gasteiger partial charge is 0.360 e. The topological polar surface area (TPSA) is 75.9 Å². The van der Waals surface area contributed by atoms with Crippen molar-refractivity contribution in [3.05, 3.63) is 34.4 Å². The van der Waals surface area contributed by atoms with Crippen LogP contribution in [0.3, 0.4) is 0 Å². The molecule has 0 amide bonds. The van der Waals surface area contributed by atoms with Gasteiger partial charge in [0.2, 0.25) is 5.95 Å². The number of hydrogen-bond donors (Lipinski definition) is 3. The van der Waals surface area contributed by atoms with Crippen LogP contribution in [0.15, 0.2) is 23.7 Å². The highest BCUT2D eigenvalue weighted by molar-refractivity contribution is 7.10. The van der Waals surface area contributed by atoms with E-state index in [2.05, 4.69) is 34.6 Å². The van der Waals surface area contributed by atoms with Gasteiger partial charge in [0.1, 0.15) is 0 Å². The van der Waals surface area contributed by atoms with Crippen LogP contribution in [0.1, 0.15) is 24.8 Å². The van der Waals surface area contributed by atoms with Crippen LogP contribution in [-0.4, -0.2) is 9.97 Å². The Hall–Kier alpha value is -1.73. The molecule has 0 bridgehead atoms. The number of hydrazine groups is 1. The molecule has 1 unspecified atom stereocenters. The third-order valence-corrected chi connectivity index (χ3v) is 3.64. The van der Waals surface area contributed by atoms with Crippen molar-refractivity contribution in [1.29, 1.82) is 0 Å². The number of nitrogens with two attached hydrogens (primary N) is 1. The van der Waals surface area contributed by atoms with Crippen LogP contribution in [0.25, 0.3) is 0 Å². The third-order valence-electron chi connectivity index (χ3n) is 2.68. The maximum atomic E-state index is 13.7. The first-order valence-corrected chi connectivity index (χ1v) is 6.79. The van der Waals surface area contributed by atoms with Gasteiger partial charge in [0.15, 0.2) is 11.6 Å². The van der Waals surface area contributed by atoms with E-state index in [9.17, 15) is 4.39 Å². The lowest BCUT2D eigenvalue weighted by molar-refractivity contribution is 0.542. The molecule has 1 atom stereocenters. The summed E-state index contributed by atoms with van der Waals surface area (Å²) >= 11 is 1.63. The van der Waals surface area contributed by atoms with E-state index in [1.807, 2.05) is 17.5 Å². The molecule has 0 fully saturated rings. The number of hydrogen-bond acceptors (Lipinski definition) is 6. The normalized spacial score (nSPS) is 12.5. The number of nitrogens with zero attached hydrogens (tertiary/aromatic N) is 2. The highest BCUT2D eigenvalue weighted by Gasteiger charge is 2.19. The molecule has 2 heterocycles. The van der Waals surface area contributed by atoms with Gasteiger partial charge in [0, 0.05) is 4.88 Å². The Morgan fingerprint density at radius 3 is 2.79 bits per heavy atom. The Morgan fingerprint density at radius 1 is 1.42 bits per heavy atom. The number of nitrogens with one attached hydrogen (secondary N) is 2. The second kappa shape index (κ2) is 5.94. The zero-order chi connectivity index (χ0) is 13.8. The second-order valence-corrected chi connectivity index (χ2v) is 5.40. The van der Waals surface area contributed by atoms with Crippen molar-refractivity contribution < 1.29 is 4.39 Å². The van der Waals surface area contributed by atoms with E-state index >= 15 is 0 Å². The molecule has 0 aliphatic carbocycles. The monoisotopic (exact) mass is 281 g/mol. The number of nitrogen functional groups attached to an aromatic ring is 1. The molecule has 2 aromatic rings. The summed E-state index contributed by atoms with van der Waals surface area (Å²) in [7, 11) is 0. The minimum absolute atomic E-state index is 0.00461. The molecule has 19 heavy (non-hydrogen) atoms. The van der Waals surface area contributed by atoms with Crippen LogP contribution < -0.4 is 16.6 Å². The van der Waals surface area contributed by atoms with Crippen LogP contribution >= 0.6 is 11.3 Å². The van der Waals surface area contributed by atoms with E-state index in [1.165, 1.54) is 0 Å². The molecule has 102 valence electrons. The van der Waals surface area contributed by atoms with Crippen molar-refractivity contribution in [2.75, 3.05) is 10.7 Å². The molecule has 0 aliphatic heterocycles. The Kier molecular flexibility index (Phi) is 4.28. The summed E-state index contributed by atoms with van der Waals surface area (Å²) < 4.78 is 13.7. The SMILES string of the molecule is CC(C)C(Nc1nc(NN)ncc1F)c1cccs1. The number of halogens is 1. The van der Waals surface area contributed by atoms with Crippen molar-refractivity contribution >= 4 is 23.1 Å². The fraction of sp³-hybridized carbons (Fsp3) is 0.333. The van der Waals surface area contributed by atoms with Crippen LogP contribution in [0.4, 0.5) is 16.2 Å². The predicted molar refractivity (Wildman–Crippen MR) is 75.3 cm³/mol. The average Bonchev–Trinajstić information content (AvgIpc) is 2.91. The molecule has 0 radical (unpaired) electrons. The van der Waals surface area contributed by atoms with Gasteiger partial charge >= 0.3 is 0 Å². The average molecular weight is 281 g/mol. The Balaban J connectivity index is 2.27. The van der Waals surface area contributed by atoms with E-state index in [0.717, 1.165) is 11.1 Å². The number of anilines is 2. The summed E-state index contributed by atoms with van der Waals surface area (Å²) in [5.74, 6) is 5.35. The number of thiophene rings is 1. The highest BCUT2D eigenvalue weighted by Crippen LogP contribution is 2.29. The van der Waals surface area contributed by atoms with Crippen molar-refractivity contribution in [3.63, 3.8) is 0 Å². The molecule has 0 aliphatic rings. The molecule has 5 nitrogen and oxygen atoms in total. The maximum Gasteiger partial charge on any atom is 0.239 e. The van der Waals surface area contributed by atoms with E-state index in [-0.39, 0.29) is 17.8 Å². The summed E-state index contributed by atoms with van der Waals surface area (Å²) in [6.45, 7) is 4.14. The summed E-state index contributed by atoms with van der Waals surface area (Å²) in [6, 6.07) is 3.99. The summed E-state index contributed by atoms with van der Waals surface area (Å²) in [6.07, 6.45) is 1.09. The van der Waals surface area contributed by atoms with E-state index in [4.69, 9.17) is 5.84 Å². The van der Waals surface area contributed by atoms with Gasteiger partial charge in [-0.25, -0.2) is 15.2 Å². The lowest BCUT2D eigenvalue weighted by Crippen LogP contribution is -2.19. The van der Waals surface area contributed by atoms with Gasteiger partial charge < -0.3 is 5.32 Å². The predicted octanol–water partition coefficient (Wildman–Crippen LogP) is 2.77. The van der Waals surface area contributed by atoms with Crippen molar-refractivity contribution in [3.8, 4) is 0 Å².